The van der Waals surface area contributed by atoms with E-state index in [9.17, 15) is 0 Å². The second kappa shape index (κ2) is 47.4. The van der Waals surface area contributed by atoms with Crippen LogP contribution in [-0.2, 0) is 6.42 Å². The van der Waals surface area contributed by atoms with Gasteiger partial charge < -0.3 is 25.7 Å². The van der Waals surface area contributed by atoms with E-state index in [-0.39, 0.29) is 0 Å². The van der Waals surface area contributed by atoms with Crippen molar-refractivity contribution >= 4 is 150 Å². The average Bonchev–Trinajstić information content (AvgIpc) is 1.67. The van der Waals surface area contributed by atoms with Gasteiger partial charge in [-0.2, -0.15) is 0 Å². The van der Waals surface area contributed by atoms with E-state index in [2.05, 4.69) is 440 Å². The van der Waals surface area contributed by atoms with E-state index < -0.39 is 11.2 Å². The molecule has 0 bridgehead atoms. The topological polar surface area (TPSA) is 160 Å². The van der Waals surface area contributed by atoms with Crippen molar-refractivity contribution in [2.75, 3.05) is 15.5 Å². The second-order valence-electron chi connectivity index (χ2n) is 37.4. The highest BCUT2D eigenvalue weighted by Gasteiger charge is 2.32. The number of nitrogen functional groups attached to an aromatic ring is 1. The van der Waals surface area contributed by atoms with Crippen LogP contribution < -0.4 is 21.0 Å². The van der Waals surface area contributed by atoms with Crippen LogP contribution in [0.4, 0.5) is 39.8 Å². The molecule has 13 nitrogen and oxygen atoms in total. The fourth-order valence-corrected chi connectivity index (χ4v) is 18.2. The first kappa shape index (κ1) is 102. The SMILES string of the molecule is CC(C)(O)C(C)(C)O.Cc1ccccc1Br.Cc1ccccc1Cc1cccc2ccccc12.Cc1ccccc1N(c1ccc(-c2cnc(-c3ccc(-c4nc5ccccc5n4-c4ccccc4)cc3)cn2)cc1)c1cccc2ccccc12.Cc1ccccc1N(c1ccc(-c2cnc(Br)cn2)cc1)c1cccc2ccccc12.Nc1cccc2ccccc12.[B]c1ccc(-c2nc3ccccc3n2-c2ccccc2)cc1. The number of benzene rings is 20. The summed E-state index contributed by atoms with van der Waals surface area (Å²) in [6, 6.07) is 163. The number of aliphatic hydroxyl groups is 2. The molecular formula is C133H112BBr2N11O2. The van der Waals surface area contributed by atoms with Crippen LogP contribution in [-0.4, -0.2) is 68.3 Å². The Bertz CT molecular complexity index is 8610. The number of anilines is 7. The van der Waals surface area contributed by atoms with Crippen molar-refractivity contribution in [1.29, 1.82) is 0 Å². The van der Waals surface area contributed by atoms with Crippen LogP contribution in [0.2, 0.25) is 0 Å². The quantitative estimate of drug-likeness (QED) is 0.0624. The highest BCUT2D eigenvalue weighted by molar-refractivity contribution is 9.10. The smallest absolute Gasteiger partial charge is 0.145 e. The molecule has 24 aromatic rings. The van der Waals surface area contributed by atoms with E-state index in [4.69, 9.17) is 43.7 Å². The molecule has 2 radical (unpaired) electrons. The van der Waals surface area contributed by atoms with Gasteiger partial charge in [0.1, 0.15) is 24.1 Å². The Morgan fingerprint density at radius 2 is 0.611 bits per heavy atom. The summed E-state index contributed by atoms with van der Waals surface area (Å²) in [7, 11) is 5.80. The lowest BCUT2D eigenvalue weighted by Gasteiger charge is -2.31. The van der Waals surface area contributed by atoms with Crippen LogP contribution in [0.5, 0.6) is 0 Å². The summed E-state index contributed by atoms with van der Waals surface area (Å²) in [4.78, 5) is 32.9. The Morgan fingerprint density at radius 3 is 1.03 bits per heavy atom. The number of nitrogens with zero attached hydrogens (tertiary/aromatic N) is 10. The van der Waals surface area contributed by atoms with Crippen molar-refractivity contribution in [2.45, 2.75) is 73.0 Å². The van der Waals surface area contributed by atoms with Gasteiger partial charge in [0.05, 0.1) is 86.5 Å². The van der Waals surface area contributed by atoms with E-state index in [0.717, 1.165) is 152 Å². The zero-order valence-electron chi connectivity index (χ0n) is 84.3. The Balaban J connectivity index is 0.000000126. The number of aryl methyl sites for hydroxylation is 4. The van der Waals surface area contributed by atoms with Crippen molar-refractivity contribution in [2.24, 2.45) is 0 Å². The molecule has 0 amide bonds. The zero-order chi connectivity index (χ0) is 103. The first-order chi connectivity index (χ1) is 72.5. The Hall–Kier alpha value is -17.1. The molecule has 0 aliphatic heterocycles. The van der Waals surface area contributed by atoms with Crippen molar-refractivity contribution in [3.05, 3.63) is 540 Å². The summed E-state index contributed by atoms with van der Waals surface area (Å²) in [5, 5.41) is 28.1. The Labute approximate surface area is 889 Å². The number of imidazole rings is 2. The minimum Gasteiger partial charge on any atom is -0.398 e. The highest BCUT2D eigenvalue weighted by atomic mass is 79.9. The monoisotopic (exact) mass is 2060 g/mol. The summed E-state index contributed by atoms with van der Waals surface area (Å²) >= 11 is 6.74. The Kier molecular flexibility index (Phi) is 32.4. The van der Waals surface area contributed by atoms with E-state index in [1.54, 1.807) is 40.1 Å². The molecule has 149 heavy (non-hydrogen) atoms. The minimum atomic E-state index is -1.01. The maximum absolute atomic E-state index is 9.10. The minimum absolute atomic E-state index is 0.731. The van der Waals surface area contributed by atoms with Gasteiger partial charge in [0, 0.05) is 88.3 Å². The molecule has 16 heteroatoms. The lowest BCUT2D eigenvalue weighted by molar-refractivity contribution is -0.107. The van der Waals surface area contributed by atoms with Gasteiger partial charge in [-0.15, -0.1) is 0 Å². The van der Waals surface area contributed by atoms with Crippen LogP contribution in [0.1, 0.15) is 61.1 Å². The lowest BCUT2D eigenvalue weighted by atomic mass is 9.90. The van der Waals surface area contributed by atoms with Gasteiger partial charge in [-0.05, 0) is 247 Å². The maximum Gasteiger partial charge on any atom is 0.145 e. The number of rotatable bonds is 16. The van der Waals surface area contributed by atoms with Crippen LogP contribution in [0.3, 0.4) is 0 Å². The molecule has 0 saturated carbocycles. The maximum atomic E-state index is 9.10. The fraction of sp³-hybridized carbons (Fsp3) is 0.0827. The van der Waals surface area contributed by atoms with Crippen molar-refractivity contribution < 1.29 is 10.2 Å². The number of halogens is 2. The van der Waals surface area contributed by atoms with E-state index >= 15 is 0 Å². The largest absolute Gasteiger partial charge is 0.398 e. The first-order valence-electron chi connectivity index (χ1n) is 49.6. The summed E-state index contributed by atoms with van der Waals surface area (Å²) < 4.78 is 6.31. The molecule has 24 rings (SSSR count). The van der Waals surface area contributed by atoms with Gasteiger partial charge in [0.15, 0.2) is 0 Å². The number of para-hydroxylation sites is 8. The number of fused-ring (bicyclic) bond motifs is 6. The predicted octanol–water partition coefficient (Wildman–Crippen LogP) is 33.5. The van der Waals surface area contributed by atoms with E-state index in [0.29, 0.717) is 0 Å². The average molecular weight is 2070 g/mol. The van der Waals surface area contributed by atoms with Crippen LogP contribution in [0.15, 0.2) is 507 Å². The molecule has 20 aromatic carbocycles. The molecular weight excluding hydrogens is 1950 g/mol. The number of hydrogen-bond acceptors (Lipinski definition) is 11. The third-order valence-corrected chi connectivity index (χ3v) is 27.8. The summed E-state index contributed by atoms with van der Waals surface area (Å²) in [6.07, 6.45) is 8.22. The predicted molar refractivity (Wildman–Crippen MR) is 632 cm³/mol. The van der Waals surface area contributed by atoms with Gasteiger partial charge in [0.25, 0.3) is 0 Å². The van der Waals surface area contributed by atoms with Crippen molar-refractivity contribution in [3.8, 4) is 67.9 Å². The molecule has 0 atom stereocenters. The third kappa shape index (κ3) is 24.5. The number of nitrogens with two attached hydrogens (primary N) is 1. The molecule has 728 valence electrons. The van der Waals surface area contributed by atoms with Crippen LogP contribution >= 0.6 is 31.9 Å². The molecule has 4 heterocycles. The Morgan fingerprint density at radius 1 is 0.289 bits per heavy atom. The van der Waals surface area contributed by atoms with Crippen molar-refractivity contribution in [1.82, 2.24) is 39.0 Å². The summed E-state index contributed by atoms with van der Waals surface area (Å²) in [5.74, 6) is 1.83. The molecule has 0 unspecified atom stereocenters. The van der Waals surface area contributed by atoms with Crippen LogP contribution in [0, 0.1) is 27.7 Å². The van der Waals surface area contributed by atoms with Gasteiger partial charge in [-0.3, -0.25) is 24.1 Å². The lowest BCUT2D eigenvalue weighted by Crippen LogP contribution is -2.44. The van der Waals surface area contributed by atoms with Gasteiger partial charge in [-0.1, -0.05) is 385 Å². The van der Waals surface area contributed by atoms with E-state index in [1.807, 2.05) is 134 Å². The molecule has 0 aliphatic rings. The molecule has 4 N–H and O–H groups in total. The molecule has 0 aliphatic carbocycles. The summed E-state index contributed by atoms with van der Waals surface area (Å²) in [6.45, 7) is 14.9. The fourth-order valence-electron chi connectivity index (χ4n) is 17.7. The van der Waals surface area contributed by atoms with Gasteiger partial charge in [-0.25, -0.2) is 15.0 Å². The molecule has 4 aromatic heterocycles. The van der Waals surface area contributed by atoms with Gasteiger partial charge >= 0.3 is 0 Å². The van der Waals surface area contributed by atoms with Gasteiger partial charge in [0.2, 0.25) is 0 Å². The molecule has 0 spiro atoms. The van der Waals surface area contributed by atoms with E-state index in [1.165, 1.54) is 75.6 Å². The highest BCUT2D eigenvalue weighted by Crippen LogP contribution is 2.44. The zero-order valence-corrected chi connectivity index (χ0v) is 87.5. The third-order valence-electron chi connectivity index (χ3n) is 26.5. The number of hydrogen-bond donors (Lipinski definition) is 3. The normalized spacial score (nSPS) is 11.0. The standard InChI is InChI=1S/C46H33N5.C27H20BrN3.C19H13BN2.C18H16.C10H9N.C7H7Br.C6H14O2/c1-32-12-5-9-19-43(32)50(44-21-11-14-33-13-6-7-17-39(33)44)38-28-26-35(27-29-38)42-31-47-41(30-48-42)34-22-24-36(25-23-34)46-49-40-18-8-10-20-45(40)51(46)37-15-3-2-4-16-37;1-19-7-2-5-11-25(19)31(26-12-6-9-20-8-3-4-10-23(20)26)22-15-13-21(14-16-22)24-17-30-27(28)18-29-24;20-15-12-10-14(11-13-15)19-21-17-8-4-5-9-18(17)22(19)16-6-2-1-3-7-16;1-14-7-2-3-9-16(14)13-17-11-6-10-15-8-4-5-12-18(15)17;11-10-7-3-5-8-4-1-2-6-9(8)10;1-6-4-2-3-5-7(6)8;1-5(2,7)6(3,4)8/h2-31H,1H3;2-18H,1H3;1-13H;2-12H,13H2,1H3;1-7H,11H2;2-5H,1H3;7-8H,1-4H3. The van der Waals surface area contributed by atoms with Crippen molar-refractivity contribution in [3.63, 3.8) is 0 Å². The number of aromatic nitrogens is 8. The molecule has 0 fully saturated rings. The summed E-state index contributed by atoms with van der Waals surface area (Å²) in [5.41, 5.74) is 34.0. The molecule has 0 saturated heterocycles. The van der Waals surface area contributed by atoms with Crippen LogP contribution in [0.25, 0.3) is 133 Å². The second-order valence-corrected chi connectivity index (χ2v) is 39.1. The first-order valence-corrected chi connectivity index (χ1v) is 51.2.